The van der Waals surface area contributed by atoms with Gasteiger partial charge < -0.3 is 0 Å². The number of hydrogen-bond acceptors (Lipinski definition) is 0. The van der Waals surface area contributed by atoms with Gasteiger partial charge in [0, 0.05) is 0 Å². The molecule has 0 nitrogen and oxygen atoms in total. The number of hydrogen-bond donors (Lipinski definition) is 0. The van der Waals surface area contributed by atoms with Gasteiger partial charge in [-0.3, -0.25) is 0 Å². The summed E-state index contributed by atoms with van der Waals surface area (Å²) in [6, 6.07) is 0. The summed E-state index contributed by atoms with van der Waals surface area (Å²) in [6.07, 6.45) is 7.44. The van der Waals surface area contributed by atoms with Gasteiger partial charge in [-0.05, 0) is 11.8 Å². The summed E-state index contributed by atoms with van der Waals surface area (Å²) in [6.45, 7) is 12.9. The van der Waals surface area contributed by atoms with Crippen molar-refractivity contribution in [3.05, 3.63) is 0 Å². The highest BCUT2D eigenvalue weighted by Crippen LogP contribution is 2.21. The molecule has 1 rings (SSSR count). The molecule has 0 aromatic rings. The molecule has 1 aliphatic carbocycles. The van der Waals surface area contributed by atoms with Crippen LogP contribution in [0.15, 0.2) is 0 Å². The Morgan fingerprint density at radius 1 is 0.846 bits per heavy atom. The monoisotopic (exact) mass is 186 g/mol. The van der Waals surface area contributed by atoms with E-state index in [1.165, 1.54) is 32.1 Å². The van der Waals surface area contributed by atoms with Gasteiger partial charge in [0.1, 0.15) is 0 Å². The second-order valence-electron chi connectivity index (χ2n) is 4.48. The van der Waals surface area contributed by atoms with Crippen LogP contribution in [-0.2, 0) is 0 Å². The molecule has 1 fully saturated rings. The zero-order valence-corrected chi connectivity index (χ0v) is 10.7. The van der Waals surface area contributed by atoms with Gasteiger partial charge >= 0.3 is 0 Å². The molecule has 0 radical (unpaired) electrons. The third-order valence-corrected chi connectivity index (χ3v) is 1.89. The lowest BCUT2D eigenvalue weighted by atomic mass is 9.91. The fourth-order valence-corrected chi connectivity index (χ4v) is 1.31. The minimum atomic E-state index is 0.833. The quantitative estimate of drug-likeness (QED) is 0.483. The molecular weight excluding hydrogens is 156 g/mol. The molecular formula is C13H30. The first-order valence-corrected chi connectivity index (χ1v) is 6.13. The highest BCUT2D eigenvalue weighted by Gasteiger charge is 2.05. The van der Waals surface area contributed by atoms with Gasteiger partial charge in [0.25, 0.3) is 0 Å². The van der Waals surface area contributed by atoms with E-state index >= 15 is 0 Å². The maximum absolute atomic E-state index is 2.36. The van der Waals surface area contributed by atoms with Crippen molar-refractivity contribution in [2.24, 2.45) is 11.8 Å². The van der Waals surface area contributed by atoms with E-state index in [9.17, 15) is 0 Å². The summed E-state index contributed by atoms with van der Waals surface area (Å²) in [7, 11) is 0. The molecule has 0 heteroatoms. The molecule has 0 amide bonds. The van der Waals surface area contributed by atoms with E-state index < -0.39 is 0 Å². The predicted molar refractivity (Wildman–Crippen MR) is 64.1 cm³/mol. The Hall–Kier alpha value is 0. The van der Waals surface area contributed by atoms with Crippen molar-refractivity contribution in [1.82, 2.24) is 0 Å². The van der Waals surface area contributed by atoms with Crippen molar-refractivity contribution in [3.63, 3.8) is 0 Å². The molecule has 0 atom stereocenters. The second-order valence-corrected chi connectivity index (χ2v) is 4.48. The van der Waals surface area contributed by atoms with E-state index in [4.69, 9.17) is 0 Å². The van der Waals surface area contributed by atoms with Gasteiger partial charge in [-0.15, -0.1) is 0 Å². The average molecular weight is 186 g/mol. The van der Waals surface area contributed by atoms with E-state index in [1.54, 1.807) is 0 Å². The zero-order chi connectivity index (χ0) is 10.7. The first-order chi connectivity index (χ1) is 6.13. The van der Waals surface area contributed by atoms with Crippen LogP contribution in [0.1, 0.15) is 73.6 Å². The van der Waals surface area contributed by atoms with Crippen LogP contribution in [0.2, 0.25) is 0 Å². The van der Waals surface area contributed by atoms with Crippen molar-refractivity contribution >= 4 is 0 Å². The first-order valence-electron chi connectivity index (χ1n) is 6.13. The summed E-state index contributed by atoms with van der Waals surface area (Å²) in [5, 5.41) is 0. The fourth-order valence-electron chi connectivity index (χ4n) is 1.31. The highest BCUT2D eigenvalue weighted by atomic mass is 14.1. The molecule has 13 heavy (non-hydrogen) atoms. The largest absolute Gasteiger partial charge is 0.0683 e. The molecule has 1 aliphatic rings. The van der Waals surface area contributed by atoms with Crippen molar-refractivity contribution in [3.8, 4) is 0 Å². The Morgan fingerprint density at radius 2 is 1.15 bits per heavy atom. The fraction of sp³-hybridized carbons (Fsp3) is 1.00. The highest BCUT2D eigenvalue weighted by molar-refractivity contribution is 4.59. The SMILES string of the molecule is CC.CC(C)C.CC1CCCCC1. The minimum Gasteiger partial charge on any atom is -0.0683 e. The molecule has 0 unspecified atom stereocenters. The molecule has 0 aromatic carbocycles. The normalized spacial score (nSPS) is 16.8. The zero-order valence-electron chi connectivity index (χ0n) is 10.7. The molecule has 0 aliphatic heterocycles. The smallest absolute Gasteiger partial charge is 0.0443 e. The third kappa shape index (κ3) is 18.8. The van der Waals surface area contributed by atoms with Crippen LogP contribution in [0.3, 0.4) is 0 Å². The van der Waals surface area contributed by atoms with Crippen LogP contribution in [0, 0.1) is 11.8 Å². The minimum absolute atomic E-state index is 0.833. The Balaban J connectivity index is 0. The molecule has 82 valence electrons. The predicted octanol–water partition coefficient (Wildman–Crippen LogP) is 5.28. The van der Waals surface area contributed by atoms with E-state index in [-0.39, 0.29) is 0 Å². The van der Waals surface area contributed by atoms with Crippen LogP contribution >= 0.6 is 0 Å². The Morgan fingerprint density at radius 3 is 1.31 bits per heavy atom. The lowest BCUT2D eigenvalue weighted by Crippen LogP contribution is -1.99. The second kappa shape index (κ2) is 12.0. The molecule has 1 saturated carbocycles. The Kier molecular flexibility index (Phi) is 14.3. The average Bonchev–Trinajstić information content (AvgIpc) is 2.08. The molecule has 0 aromatic heterocycles. The molecule has 0 saturated heterocycles. The summed E-state index contributed by atoms with van der Waals surface area (Å²) in [5.41, 5.74) is 0. The van der Waals surface area contributed by atoms with Gasteiger partial charge in [-0.25, -0.2) is 0 Å². The molecule has 0 N–H and O–H groups in total. The van der Waals surface area contributed by atoms with Crippen LogP contribution in [0.4, 0.5) is 0 Å². The Labute approximate surface area is 86.1 Å². The van der Waals surface area contributed by atoms with Crippen LogP contribution in [0.5, 0.6) is 0 Å². The molecule has 0 heterocycles. The van der Waals surface area contributed by atoms with Crippen LogP contribution in [-0.4, -0.2) is 0 Å². The molecule has 0 spiro atoms. The lowest BCUT2D eigenvalue weighted by molar-refractivity contribution is 0.385. The lowest BCUT2D eigenvalue weighted by Gasteiger charge is -2.15. The first kappa shape index (κ1) is 15.5. The van der Waals surface area contributed by atoms with Gasteiger partial charge in [0.2, 0.25) is 0 Å². The van der Waals surface area contributed by atoms with E-state index in [0.29, 0.717) is 0 Å². The van der Waals surface area contributed by atoms with Gasteiger partial charge in [-0.2, -0.15) is 0 Å². The van der Waals surface area contributed by atoms with E-state index in [1.807, 2.05) is 13.8 Å². The summed E-state index contributed by atoms with van der Waals surface area (Å²) < 4.78 is 0. The van der Waals surface area contributed by atoms with Gasteiger partial charge in [0.05, 0.1) is 0 Å². The summed E-state index contributed by atoms with van der Waals surface area (Å²) >= 11 is 0. The number of rotatable bonds is 0. The van der Waals surface area contributed by atoms with Crippen molar-refractivity contribution in [1.29, 1.82) is 0 Å². The van der Waals surface area contributed by atoms with E-state index in [2.05, 4.69) is 27.7 Å². The van der Waals surface area contributed by atoms with Crippen molar-refractivity contribution in [2.75, 3.05) is 0 Å². The maximum atomic E-state index is 2.36. The van der Waals surface area contributed by atoms with Gasteiger partial charge in [0.15, 0.2) is 0 Å². The van der Waals surface area contributed by atoms with Crippen molar-refractivity contribution < 1.29 is 0 Å². The summed E-state index contributed by atoms with van der Waals surface area (Å²) in [4.78, 5) is 0. The van der Waals surface area contributed by atoms with Crippen LogP contribution < -0.4 is 0 Å². The topological polar surface area (TPSA) is 0 Å². The molecule has 0 bridgehead atoms. The third-order valence-electron chi connectivity index (χ3n) is 1.89. The standard InChI is InChI=1S/C7H14.C4H10.C2H6/c1-7-5-3-2-4-6-7;1-4(2)3;1-2/h7H,2-6H2,1H3;4H,1-3H3;1-2H3. The maximum Gasteiger partial charge on any atom is -0.0443 e. The van der Waals surface area contributed by atoms with Gasteiger partial charge in [-0.1, -0.05) is 73.6 Å². The Bertz CT molecular complexity index is 65.4. The van der Waals surface area contributed by atoms with Crippen molar-refractivity contribution in [2.45, 2.75) is 73.6 Å². The van der Waals surface area contributed by atoms with E-state index in [0.717, 1.165) is 11.8 Å². The van der Waals surface area contributed by atoms with Crippen LogP contribution in [0.25, 0.3) is 0 Å². The summed E-state index contributed by atoms with van der Waals surface area (Å²) in [5.74, 6) is 1.87.